The summed E-state index contributed by atoms with van der Waals surface area (Å²) in [7, 11) is -5.14. The third kappa shape index (κ3) is 19.8. The molecule has 8 atom stereocenters. The van der Waals surface area contributed by atoms with E-state index in [2.05, 4.69) is 36.5 Å². The Labute approximate surface area is 298 Å². The van der Waals surface area contributed by atoms with E-state index in [-0.39, 0.29) is 6.42 Å². The van der Waals surface area contributed by atoms with Crippen molar-refractivity contribution in [2.75, 3.05) is 6.61 Å². The highest BCUT2D eigenvalue weighted by Gasteiger charge is 2.51. The Kier molecular flexibility index (Phi) is 24.9. The Bertz CT molecular complexity index is 1050. The van der Waals surface area contributed by atoms with E-state index in [1.165, 1.54) is 38.2 Å². The Morgan fingerprint density at radius 1 is 0.740 bits per heavy atom. The van der Waals surface area contributed by atoms with Crippen molar-refractivity contribution in [3.8, 4) is 0 Å². The normalized spacial score (nSPS) is 26.2. The standard InChI is InChI=1S/C36H64NO12P/c1-3-5-7-9-11-13-14-16-17-19-21-23-27(38)25-30(40)37-28(29(39)24-22-20-18-15-12-10-8-6-4-2)26-48-50(46,47)49-36-34(44)32(42)31(41)33(43)35(36)45/h4,6,12,15-17,22,24,27-29,31-36,38-39,41-45H,3,5,7-11,13-14,18-21,23,25-26H2,1-2H3,(H,37,40)(H,46,47)/b6-4+,15-12+,17-16-,24-22+. The third-order valence-corrected chi connectivity index (χ3v) is 9.44. The van der Waals surface area contributed by atoms with Gasteiger partial charge in [0, 0.05) is 0 Å². The van der Waals surface area contributed by atoms with E-state index in [0.717, 1.165) is 32.1 Å². The summed E-state index contributed by atoms with van der Waals surface area (Å²) in [6.07, 6.45) is 14.2. The maximum atomic E-state index is 12.8. The van der Waals surface area contributed by atoms with E-state index >= 15 is 0 Å². The van der Waals surface area contributed by atoms with Crippen LogP contribution in [0.3, 0.4) is 0 Å². The summed E-state index contributed by atoms with van der Waals surface area (Å²) in [6, 6.07) is -1.27. The predicted molar refractivity (Wildman–Crippen MR) is 192 cm³/mol. The molecule has 0 saturated heterocycles. The van der Waals surface area contributed by atoms with Gasteiger partial charge in [0.15, 0.2) is 0 Å². The van der Waals surface area contributed by atoms with Gasteiger partial charge in [-0.05, 0) is 64.7 Å². The predicted octanol–water partition coefficient (Wildman–Crippen LogP) is 3.63. The van der Waals surface area contributed by atoms with Gasteiger partial charge in [0.1, 0.15) is 36.6 Å². The van der Waals surface area contributed by atoms with Crippen LogP contribution in [0.25, 0.3) is 0 Å². The molecule has 1 amide bonds. The number of carbonyl (C=O) groups is 1. The van der Waals surface area contributed by atoms with Crippen LogP contribution >= 0.6 is 7.82 Å². The monoisotopic (exact) mass is 733 g/mol. The zero-order valence-corrected chi connectivity index (χ0v) is 30.7. The maximum absolute atomic E-state index is 12.8. The first-order valence-electron chi connectivity index (χ1n) is 18.1. The van der Waals surface area contributed by atoms with E-state index < -0.39 is 75.2 Å². The molecule has 1 saturated carbocycles. The molecule has 0 aliphatic heterocycles. The van der Waals surface area contributed by atoms with Crippen molar-refractivity contribution in [3.63, 3.8) is 0 Å². The van der Waals surface area contributed by atoms with Crippen molar-refractivity contribution in [1.29, 1.82) is 0 Å². The summed E-state index contributed by atoms with van der Waals surface area (Å²) in [5, 5.41) is 73.7. The summed E-state index contributed by atoms with van der Waals surface area (Å²) < 4.78 is 22.6. The molecule has 0 aromatic carbocycles. The average molecular weight is 734 g/mol. The first-order valence-corrected chi connectivity index (χ1v) is 19.6. The minimum absolute atomic E-state index is 0.279. The smallest absolute Gasteiger partial charge is 0.393 e. The van der Waals surface area contributed by atoms with E-state index in [9.17, 15) is 50.0 Å². The molecule has 1 fully saturated rings. The molecule has 0 aromatic heterocycles. The van der Waals surface area contributed by atoms with Crippen LogP contribution in [0.4, 0.5) is 0 Å². The van der Waals surface area contributed by atoms with Crippen LogP contribution in [0, 0.1) is 0 Å². The van der Waals surface area contributed by atoms with Crippen molar-refractivity contribution in [3.05, 3.63) is 48.6 Å². The van der Waals surface area contributed by atoms with Gasteiger partial charge in [0.25, 0.3) is 0 Å². The van der Waals surface area contributed by atoms with Crippen LogP contribution in [0.5, 0.6) is 0 Å². The summed E-state index contributed by atoms with van der Waals surface area (Å²) >= 11 is 0. The molecular weight excluding hydrogens is 669 g/mol. The molecule has 1 rings (SSSR count). The summed E-state index contributed by atoms with van der Waals surface area (Å²) in [5.41, 5.74) is 0. The number of hydrogen-bond acceptors (Lipinski definition) is 11. The maximum Gasteiger partial charge on any atom is 0.472 e. The Balaban J connectivity index is 2.72. The molecule has 0 spiro atoms. The van der Waals surface area contributed by atoms with E-state index in [0.29, 0.717) is 25.7 Å². The van der Waals surface area contributed by atoms with Gasteiger partial charge in [-0.3, -0.25) is 13.8 Å². The molecule has 13 nitrogen and oxygen atoms in total. The first-order chi connectivity index (χ1) is 23.8. The molecule has 9 N–H and O–H groups in total. The number of allylic oxidation sites excluding steroid dienone is 7. The van der Waals surface area contributed by atoms with Gasteiger partial charge < -0.3 is 46.0 Å². The van der Waals surface area contributed by atoms with Gasteiger partial charge in [0.05, 0.1) is 31.3 Å². The molecule has 0 bridgehead atoms. The topological polar surface area (TPSA) is 226 Å². The molecule has 290 valence electrons. The van der Waals surface area contributed by atoms with E-state index in [1.54, 1.807) is 6.08 Å². The van der Waals surface area contributed by atoms with Crippen molar-refractivity contribution in [2.45, 2.75) is 165 Å². The number of aliphatic hydroxyl groups excluding tert-OH is 7. The lowest BCUT2D eigenvalue weighted by Crippen LogP contribution is -2.64. The lowest BCUT2D eigenvalue weighted by Gasteiger charge is -2.41. The molecule has 1 aliphatic carbocycles. The second kappa shape index (κ2) is 26.9. The highest BCUT2D eigenvalue weighted by Crippen LogP contribution is 2.47. The number of amides is 1. The summed E-state index contributed by atoms with van der Waals surface area (Å²) in [4.78, 5) is 23.2. The number of unbranched alkanes of at least 4 members (excludes halogenated alkanes) is 9. The molecule has 14 heteroatoms. The van der Waals surface area contributed by atoms with Crippen LogP contribution in [0.15, 0.2) is 48.6 Å². The van der Waals surface area contributed by atoms with E-state index in [1.807, 2.05) is 19.1 Å². The number of phosphoric acid groups is 1. The second-order valence-corrected chi connectivity index (χ2v) is 14.3. The fourth-order valence-electron chi connectivity index (χ4n) is 5.39. The van der Waals surface area contributed by atoms with Crippen molar-refractivity contribution >= 4 is 13.7 Å². The van der Waals surface area contributed by atoms with Gasteiger partial charge in [0.2, 0.25) is 5.91 Å². The van der Waals surface area contributed by atoms with Crippen LogP contribution in [-0.2, 0) is 18.4 Å². The van der Waals surface area contributed by atoms with Gasteiger partial charge >= 0.3 is 7.82 Å². The molecular formula is C36H64NO12P. The van der Waals surface area contributed by atoms with Crippen LogP contribution in [0.2, 0.25) is 0 Å². The molecule has 0 heterocycles. The Hall–Kier alpha value is -1.74. The number of rotatable bonds is 27. The minimum Gasteiger partial charge on any atom is -0.393 e. The highest BCUT2D eigenvalue weighted by molar-refractivity contribution is 7.47. The zero-order valence-electron chi connectivity index (χ0n) is 29.8. The van der Waals surface area contributed by atoms with Crippen molar-refractivity contribution < 1.29 is 59.0 Å². The summed E-state index contributed by atoms with van der Waals surface area (Å²) in [6.45, 7) is 3.39. The number of nitrogens with one attached hydrogen (secondary N) is 1. The first kappa shape index (κ1) is 46.3. The summed E-state index contributed by atoms with van der Waals surface area (Å²) in [5.74, 6) is -0.631. The van der Waals surface area contributed by atoms with Crippen LogP contribution < -0.4 is 5.32 Å². The number of phosphoric ester groups is 1. The Morgan fingerprint density at radius 3 is 1.88 bits per heavy atom. The number of aliphatic hydroxyl groups is 7. The lowest BCUT2D eigenvalue weighted by molar-refractivity contribution is -0.220. The fourth-order valence-corrected chi connectivity index (χ4v) is 6.36. The molecule has 1 aliphatic rings. The van der Waals surface area contributed by atoms with Crippen LogP contribution in [-0.4, -0.2) is 108 Å². The molecule has 0 radical (unpaired) electrons. The Morgan fingerprint density at radius 2 is 1.26 bits per heavy atom. The van der Waals surface area contributed by atoms with E-state index in [4.69, 9.17) is 9.05 Å². The van der Waals surface area contributed by atoms with Crippen LogP contribution in [0.1, 0.15) is 110 Å². The molecule has 50 heavy (non-hydrogen) atoms. The largest absolute Gasteiger partial charge is 0.472 e. The lowest BCUT2D eigenvalue weighted by atomic mass is 9.85. The highest BCUT2D eigenvalue weighted by atomic mass is 31.2. The molecule has 8 unspecified atom stereocenters. The number of carbonyl (C=O) groups excluding carboxylic acids is 1. The average Bonchev–Trinajstić information content (AvgIpc) is 3.08. The SMILES string of the molecule is C/C=C/CC/C=C/CC/C=C/C(O)C(COP(=O)(O)OC1C(O)C(O)C(O)C(O)C1O)NC(=O)CC(O)CCC/C=C\CCCCCCCC. The van der Waals surface area contributed by atoms with Crippen molar-refractivity contribution in [1.82, 2.24) is 5.32 Å². The quantitative estimate of drug-likeness (QED) is 0.0335. The fraction of sp³-hybridized carbons (Fsp3) is 0.750. The second-order valence-electron chi connectivity index (χ2n) is 12.9. The van der Waals surface area contributed by atoms with Crippen molar-refractivity contribution in [2.24, 2.45) is 0 Å². The van der Waals surface area contributed by atoms with Gasteiger partial charge in [-0.1, -0.05) is 87.6 Å². The minimum atomic E-state index is -5.14. The molecule has 0 aromatic rings. The zero-order chi connectivity index (χ0) is 37.4. The third-order valence-electron chi connectivity index (χ3n) is 8.46. The number of hydrogen-bond donors (Lipinski definition) is 9. The van der Waals surface area contributed by atoms with Gasteiger partial charge in [-0.15, -0.1) is 0 Å². The van der Waals surface area contributed by atoms with Gasteiger partial charge in [-0.25, -0.2) is 4.57 Å². The van der Waals surface area contributed by atoms with Gasteiger partial charge in [-0.2, -0.15) is 0 Å².